The van der Waals surface area contributed by atoms with Crippen molar-refractivity contribution in [3.8, 4) is 11.5 Å². The minimum absolute atomic E-state index is 0.258. The van der Waals surface area contributed by atoms with Crippen molar-refractivity contribution in [3.05, 3.63) is 29.8 Å². The molecule has 0 bridgehead atoms. The highest BCUT2D eigenvalue weighted by Gasteiger charge is 2.10. The maximum atomic E-state index is 11.8. The number of imide groups is 1. The SMILES string of the molecule is CCCCOc1ccc(/C=C/C(=O)OCC(=O)NC(=O)NCC(C)C)cc1OCC. The molecule has 0 fully saturated rings. The fourth-order valence-electron chi connectivity index (χ4n) is 2.20. The van der Waals surface area contributed by atoms with Crippen LogP contribution >= 0.6 is 0 Å². The number of carbonyl (C=O) groups is 3. The molecule has 0 heterocycles. The number of hydrogen-bond acceptors (Lipinski definition) is 6. The first kappa shape index (κ1) is 25.0. The molecule has 1 aromatic rings. The molecular weight excluding hydrogens is 388 g/mol. The first-order valence-corrected chi connectivity index (χ1v) is 10.2. The average Bonchev–Trinajstić information content (AvgIpc) is 2.71. The molecule has 1 rings (SSSR count). The largest absolute Gasteiger partial charge is 0.490 e. The molecule has 0 aliphatic rings. The third-order valence-electron chi connectivity index (χ3n) is 3.70. The molecule has 8 nitrogen and oxygen atoms in total. The fourth-order valence-corrected chi connectivity index (χ4v) is 2.20. The van der Waals surface area contributed by atoms with Crippen molar-refractivity contribution in [2.45, 2.75) is 40.5 Å². The van der Waals surface area contributed by atoms with E-state index < -0.39 is 24.5 Å². The molecule has 3 amide bonds. The third-order valence-corrected chi connectivity index (χ3v) is 3.70. The maximum absolute atomic E-state index is 11.8. The topological polar surface area (TPSA) is 103 Å². The van der Waals surface area contributed by atoms with E-state index in [9.17, 15) is 14.4 Å². The van der Waals surface area contributed by atoms with Gasteiger partial charge in [-0.25, -0.2) is 9.59 Å². The van der Waals surface area contributed by atoms with Crippen LogP contribution in [0.5, 0.6) is 11.5 Å². The number of benzene rings is 1. The van der Waals surface area contributed by atoms with E-state index in [0.29, 0.717) is 31.3 Å². The molecule has 30 heavy (non-hydrogen) atoms. The van der Waals surface area contributed by atoms with Gasteiger partial charge in [0.2, 0.25) is 0 Å². The summed E-state index contributed by atoms with van der Waals surface area (Å²) in [6.07, 6.45) is 4.74. The molecule has 166 valence electrons. The van der Waals surface area contributed by atoms with Gasteiger partial charge in [-0.05, 0) is 43.0 Å². The normalized spacial score (nSPS) is 10.7. The van der Waals surface area contributed by atoms with Gasteiger partial charge in [-0.15, -0.1) is 0 Å². The van der Waals surface area contributed by atoms with Gasteiger partial charge in [-0.1, -0.05) is 33.3 Å². The van der Waals surface area contributed by atoms with Crippen LogP contribution in [-0.2, 0) is 14.3 Å². The number of nitrogens with one attached hydrogen (secondary N) is 2. The van der Waals surface area contributed by atoms with Gasteiger partial charge < -0.3 is 19.5 Å². The summed E-state index contributed by atoms with van der Waals surface area (Å²) in [4.78, 5) is 35.0. The van der Waals surface area contributed by atoms with Crippen molar-refractivity contribution in [2.75, 3.05) is 26.4 Å². The van der Waals surface area contributed by atoms with E-state index in [4.69, 9.17) is 14.2 Å². The van der Waals surface area contributed by atoms with E-state index in [2.05, 4.69) is 17.6 Å². The van der Waals surface area contributed by atoms with Crippen molar-refractivity contribution in [3.63, 3.8) is 0 Å². The van der Waals surface area contributed by atoms with Crippen molar-refractivity contribution >= 4 is 24.0 Å². The first-order chi connectivity index (χ1) is 14.3. The van der Waals surface area contributed by atoms with Crippen molar-refractivity contribution < 1.29 is 28.6 Å². The van der Waals surface area contributed by atoms with Gasteiger partial charge in [0, 0.05) is 12.6 Å². The number of carbonyl (C=O) groups excluding carboxylic acids is 3. The first-order valence-electron chi connectivity index (χ1n) is 10.2. The Balaban J connectivity index is 2.54. The Morgan fingerprint density at radius 2 is 1.87 bits per heavy atom. The molecule has 0 radical (unpaired) electrons. The van der Waals surface area contributed by atoms with Gasteiger partial charge in [0.25, 0.3) is 5.91 Å². The highest BCUT2D eigenvalue weighted by Crippen LogP contribution is 2.29. The van der Waals surface area contributed by atoms with E-state index >= 15 is 0 Å². The molecule has 2 N–H and O–H groups in total. The lowest BCUT2D eigenvalue weighted by molar-refractivity contribution is -0.143. The molecule has 0 aromatic heterocycles. The van der Waals surface area contributed by atoms with Gasteiger partial charge in [-0.3, -0.25) is 10.1 Å². The lowest BCUT2D eigenvalue weighted by atomic mass is 10.2. The number of hydrogen-bond donors (Lipinski definition) is 2. The Hall–Kier alpha value is -3.03. The zero-order valence-corrected chi connectivity index (χ0v) is 18.2. The number of urea groups is 1. The molecular formula is C22H32N2O6. The quantitative estimate of drug-likeness (QED) is 0.306. The van der Waals surface area contributed by atoms with Gasteiger partial charge in [0.15, 0.2) is 18.1 Å². The Morgan fingerprint density at radius 1 is 1.10 bits per heavy atom. The third kappa shape index (κ3) is 10.5. The summed E-state index contributed by atoms with van der Waals surface area (Å²) in [5.41, 5.74) is 0.718. The van der Waals surface area contributed by atoms with Gasteiger partial charge in [0.1, 0.15) is 0 Å². The van der Waals surface area contributed by atoms with E-state index in [-0.39, 0.29) is 5.92 Å². The Bertz CT molecular complexity index is 730. The molecule has 0 atom stereocenters. The number of rotatable bonds is 12. The van der Waals surface area contributed by atoms with Crippen LogP contribution in [0.1, 0.15) is 46.1 Å². The Labute approximate surface area is 178 Å². The van der Waals surface area contributed by atoms with Crippen LogP contribution in [0, 0.1) is 5.92 Å². The smallest absolute Gasteiger partial charge is 0.331 e. The number of unbranched alkanes of at least 4 members (excludes halogenated alkanes) is 1. The lowest BCUT2D eigenvalue weighted by Gasteiger charge is -2.12. The van der Waals surface area contributed by atoms with Gasteiger partial charge in [0.05, 0.1) is 13.2 Å². The number of amides is 3. The minimum Gasteiger partial charge on any atom is -0.490 e. The lowest BCUT2D eigenvalue weighted by Crippen LogP contribution is -2.42. The maximum Gasteiger partial charge on any atom is 0.331 e. The molecule has 0 aliphatic carbocycles. The fraction of sp³-hybridized carbons (Fsp3) is 0.500. The van der Waals surface area contributed by atoms with Crippen molar-refractivity contribution in [2.24, 2.45) is 5.92 Å². The summed E-state index contributed by atoms with van der Waals surface area (Å²) in [5, 5.41) is 4.63. The molecule has 1 aromatic carbocycles. The predicted octanol–water partition coefficient (Wildman–Crippen LogP) is 3.30. The Kier molecular flexibility index (Phi) is 11.7. The van der Waals surface area contributed by atoms with Gasteiger partial charge in [-0.2, -0.15) is 0 Å². The van der Waals surface area contributed by atoms with Crippen molar-refractivity contribution in [1.82, 2.24) is 10.6 Å². The van der Waals surface area contributed by atoms with Crippen LogP contribution in [0.4, 0.5) is 4.79 Å². The second-order valence-corrected chi connectivity index (χ2v) is 6.93. The summed E-state index contributed by atoms with van der Waals surface area (Å²) in [7, 11) is 0. The highest BCUT2D eigenvalue weighted by molar-refractivity contribution is 5.96. The van der Waals surface area contributed by atoms with Crippen LogP contribution in [0.25, 0.3) is 6.08 Å². The van der Waals surface area contributed by atoms with E-state index in [0.717, 1.165) is 18.4 Å². The monoisotopic (exact) mass is 420 g/mol. The summed E-state index contributed by atoms with van der Waals surface area (Å²) in [6, 6.07) is 4.72. The summed E-state index contributed by atoms with van der Waals surface area (Å²) in [6.45, 7) is 8.81. The predicted molar refractivity (Wildman–Crippen MR) is 114 cm³/mol. The van der Waals surface area contributed by atoms with E-state index in [1.165, 1.54) is 6.08 Å². The van der Waals surface area contributed by atoms with Crippen LogP contribution in [0.3, 0.4) is 0 Å². The molecule has 0 spiro atoms. The average molecular weight is 421 g/mol. The van der Waals surface area contributed by atoms with Crippen LogP contribution in [0.15, 0.2) is 24.3 Å². The zero-order valence-electron chi connectivity index (χ0n) is 18.2. The second-order valence-electron chi connectivity index (χ2n) is 6.93. The van der Waals surface area contributed by atoms with Gasteiger partial charge >= 0.3 is 12.0 Å². The second kappa shape index (κ2) is 14.0. The minimum atomic E-state index is -0.704. The highest BCUT2D eigenvalue weighted by atomic mass is 16.5. The molecule has 0 saturated carbocycles. The summed E-state index contributed by atoms with van der Waals surface area (Å²) >= 11 is 0. The summed E-state index contributed by atoms with van der Waals surface area (Å²) in [5.74, 6) is 0.0987. The van der Waals surface area contributed by atoms with E-state index in [1.807, 2.05) is 20.8 Å². The van der Waals surface area contributed by atoms with Crippen LogP contribution in [-0.4, -0.2) is 44.3 Å². The molecule has 0 unspecified atom stereocenters. The van der Waals surface area contributed by atoms with Crippen LogP contribution < -0.4 is 20.1 Å². The van der Waals surface area contributed by atoms with Crippen molar-refractivity contribution in [1.29, 1.82) is 0 Å². The molecule has 8 heteroatoms. The standard InChI is InChI=1S/C22H32N2O6/c1-5-7-12-29-18-10-8-17(13-19(18)28-6-2)9-11-21(26)30-15-20(25)24-22(27)23-14-16(3)4/h8-11,13,16H,5-7,12,14-15H2,1-4H3,(H2,23,24,25,27)/b11-9+. The number of ether oxygens (including phenoxy) is 3. The molecule has 0 saturated heterocycles. The summed E-state index contributed by atoms with van der Waals surface area (Å²) < 4.78 is 16.2. The zero-order chi connectivity index (χ0) is 22.4. The Morgan fingerprint density at radius 3 is 2.53 bits per heavy atom. The van der Waals surface area contributed by atoms with Crippen LogP contribution in [0.2, 0.25) is 0 Å². The number of esters is 1. The van der Waals surface area contributed by atoms with E-state index in [1.54, 1.807) is 24.3 Å². The molecule has 0 aliphatic heterocycles.